The second kappa shape index (κ2) is 4.75. The van der Waals surface area contributed by atoms with E-state index < -0.39 is 0 Å². The van der Waals surface area contributed by atoms with Crippen molar-refractivity contribution < 1.29 is 0 Å². The Balaban J connectivity index is 1.67. The largest absolute Gasteiger partial charge is 0.247 e. The third-order valence-corrected chi connectivity index (χ3v) is 4.74. The van der Waals surface area contributed by atoms with Gasteiger partial charge in [-0.05, 0) is 44.9 Å². The molecule has 0 radical (unpaired) electrons. The SMILES string of the molecule is Cc1nc(CCCC(Br)C2CC2)cs1. The molecule has 1 nitrogen and oxygen atoms in total. The maximum Gasteiger partial charge on any atom is 0.0897 e. The number of hydrogen-bond donors (Lipinski definition) is 0. The molecule has 1 aromatic heterocycles. The van der Waals surface area contributed by atoms with Crippen molar-refractivity contribution in [3.63, 3.8) is 0 Å². The average Bonchev–Trinajstić information content (AvgIpc) is 2.92. The monoisotopic (exact) mass is 273 g/mol. The van der Waals surface area contributed by atoms with Gasteiger partial charge >= 0.3 is 0 Å². The van der Waals surface area contributed by atoms with Gasteiger partial charge in [0.25, 0.3) is 0 Å². The molecule has 0 saturated heterocycles. The number of thiazole rings is 1. The number of rotatable bonds is 5. The Labute approximate surface area is 98.1 Å². The van der Waals surface area contributed by atoms with Crippen LogP contribution in [0.1, 0.15) is 36.4 Å². The van der Waals surface area contributed by atoms with Crippen molar-refractivity contribution in [2.45, 2.75) is 43.9 Å². The van der Waals surface area contributed by atoms with E-state index in [2.05, 4.69) is 33.2 Å². The van der Waals surface area contributed by atoms with Gasteiger partial charge in [0, 0.05) is 10.2 Å². The lowest BCUT2D eigenvalue weighted by Gasteiger charge is -2.06. The summed E-state index contributed by atoms with van der Waals surface area (Å²) in [7, 11) is 0. The van der Waals surface area contributed by atoms with Gasteiger partial charge in [-0.1, -0.05) is 15.9 Å². The quantitative estimate of drug-likeness (QED) is 0.741. The lowest BCUT2D eigenvalue weighted by molar-refractivity contribution is 0.649. The first kappa shape index (κ1) is 10.6. The van der Waals surface area contributed by atoms with Gasteiger partial charge in [-0.3, -0.25) is 0 Å². The maximum atomic E-state index is 4.47. The van der Waals surface area contributed by atoms with E-state index in [9.17, 15) is 0 Å². The second-order valence-electron chi connectivity index (χ2n) is 4.10. The van der Waals surface area contributed by atoms with E-state index in [4.69, 9.17) is 0 Å². The zero-order valence-electron chi connectivity index (χ0n) is 8.50. The molecule has 0 N–H and O–H groups in total. The molecular weight excluding hydrogens is 258 g/mol. The first-order valence-electron chi connectivity index (χ1n) is 5.31. The van der Waals surface area contributed by atoms with E-state index in [1.807, 2.05) is 0 Å². The summed E-state index contributed by atoms with van der Waals surface area (Å²) in [5, 5.41) is 3.38. The molecular formula is C11H16BrNS. The summed E-state index contributed by atoms with van der Waals surface area (Å²) >= 11 is 5.52. The van der Waals surface area contributed by atoms with Crippen LogP contribution in [0.4, 0.5) is 0 Å². The van der Waals surface area contributed by atoms with Gasteiger partial charge in [-0.2, -0.15) is 0 Å². The Hall–Kier alpha value is 0.110. The molecule has 0 aliphatic heterocycles. The first-order valence-corrected chi connectivity index (χ1v) is 7.10. The molecule has 1 aliphatic carbocycles. The fourth-order valence-corrected chi connectivity index (χ4v) is 3.19. The van der Waals surface area contributed by atoms with E-state index >= 15 is 0 Å². The fraction of sp³-hybridized carbons (Fsp3) is 0.727. The Morgan fingerprint density at radius 3 is 3.00 bits per heavy atom. The molecule has 0 amide bonds. The van der Waals surface area contributed by atoms with Crippen molar-refractivity contribution in [3.8, 4) is 0 Å². The van der Waals surface area contributed by atoms with Crippen LogP contribution in [0.25, 0.3) is 0 Å². The molecule has 0 aromatic carbocycles. The Bertz CT molecular complexity index is 293. The van der Waals surface area contributed by atoms with Crippen LogP contribution < -0.4 is 0 Å². The number of alkyl halides is 1. The average molecular weight is 274 g/mol. The summed E-state index contributed by atoms with van der Waals surface area (Å²) in [6, 6.07) is 0. The highest BCUT2D eigenvalue weighted by molar-refractivity contribution is 9.09. The standard InChI is InChI=1S/C11H16BrNS/c1-8-13-10(7-14-8)3-2-4-11(12)9-5-6-9/h7,9,11H,2-6H2,1H3. The van der Waals surface area contributed by atoms with Crippen LogP contribution in [0.5, 0.6) is 0 Å². The minimum atomic E-state index is 0.766. The van der Waals surface area contributed by atoms with Gasteiger partial charge in [0.05, 0.1) is 10.7 Å². The molecule has 1 aliphatic rings. The Morgan fingerprint density at radius 1 is 1.64 bits per heavy atom. The van der Waals surface area contributed by atoms with E-state index in [-0.39, 0.29) is 0 Å². The zero-order chi connectivity index (χ0) is 9.97. The molecule has 78 valence electrons. The highest BCUT2D eigenvalue weighted by Gasteiger charge is 2.28. The van der Waals surface area contributed by atoms with Crippen molar-refractivity contribution in [1.82, 2.24) is 4.98 Å². The van der Waals surface area contributed by atoms with Crippen LogP contribution in [0.15, 0.2) is 5.38 Å². The third-order valence-electron chi connectivity index (χ3n) is 2.71. The smallest absolute Gasteiger partial charge is 0.0897 e. The third kappa shape index (κ3) is 3.06. The van der Waals surface area contributed by atoms with E-state index in [1.165, 1.54) is 36.4 Å². The van der Waals surface area contributed by atoms with Crippen LogP contribution >= 0.6 is 27.3 Å². The molecule has 2 rings (SSSR count). The molecule has 0 spiro atoms. The zero-order valence-corrected chi connectivity index (χ0v) is 10.9. The number of nitrogens with zero attached hydrogens (tertiary/aromatic N) is 1. The van der Waals surface area contributed by atoms with Crippen LogP contribution in [0.2, 0.25) is 0 Å². The molecule has 1 saturated carbocycles. The molecule has 1 atom stereocenters. The van der Waals surface area contributed by atoms with E-state index in [0.717, 1.165) is 17.2 Å². The Morgan fingerprint density at radius 2 is 2.43 bits per heavy atom. The lowest BCUT2D eigenvalue weighted by Crippen LogP contribution is -2.00. The van der Waals surface area contributed by atoms with Gasteiger partial charge in [0.1, 0.15) is 0 Å². The minimum absolute atomic E-state index is 0.766. The summed E-state index contributed by atoms with van der Waals surface area (Å²) in [5.74, 6) is 0.979. The van der Waals surface area contributed by atoms with Gasteiger partial charge < -0.3 is 0 Å². The number of hydrogen-bond acceptors (Lipinski definition) is 2. The molecule has 3 heteroatoms. The van der Waals surface area contributed by atoms with Gasteiger partial charge in [-0.15, -0.1) is 11.3 Å². The summed E-state index contributed by atoms with van der Waals surface area (Å²) < 4.78 is 0. The number of aryl methyl sites for hydroxylation is 2. The normalized spacial score (nSPS) is 18.4. The molecule has 1 unspecified atom stereocenters. The molecule has 14 heavy (non-hydrogen) atoms. The van der Waals surface area contributed by atoms with E-state index in [1.54, 1.807) is 11.3 Å². The highest BCUT2D eigenvalue weighted by Crippen LogP contribution is 2.38. The summed E-state index contributed by atoms with van der Waals surface area (Å²) in [4.78, 5) is 5.24. The highest BCUT2D eigenvalue weighted by atomic mass is 79.9. The summed E-state index contributed by atoms with van der Waals surface area (Å²) in [6.07, 6.45) is 6.60. The minimum Gasteiger partial charge on any atom is -0.247 e. The van der Waals surface area contributed by atoms with E-state index in [0.29, 0.717) is 0 Å². The van der Waals surface area contributed by atoms with Crippen molar-refractivity contribution >= 4 is 27.3 Å². The van der Waals surface area contributed by atoms with Gasteiger partial charge in [-0.25, -0.2) is 4.98 Å². The molecule has 1 fully saturated rings. The van der Waals surface area contributed by atoms with Crippen LogP contribution in [0.3, 0.4) is 0 Å². The predicted octanol–water partition coefficient (Wildman–Crippen LogP) is 3.95. The topological polar surface area (TPSA) is 12.9 Å². The van der Waals surface area contributed by atoms with Gasteiger partial charge in [0.15, 0.2) is 0 Å². The second-order valence-corrected chi connectivity index (χ2v) is 6.34. The van der Waals surface area contributed by atoms with Gasteiger partial charge in [0.2, 0.25) is 0 Å². The predicted molar refractivity (Wildman–Crippen MR) is 65.2 cm³/mol. The Kier molecular flexibility index (Phi) is 3.61. The maximum absolute atomic E-state index is 4.47. The first-order chi connectivity index (χ1) is 6.75. The fourth-order valence-electron chi connectivity index (χ4n) is 1.69. The number of halogens is 1. The van der Waals surface area contributed by atoms with Crippen molar-refractivity contribution in [2.24, 2.45) is 5.92 Å². The summed E-state index contributed by atoms with van der Waals surface area (Å²) in [5.41, 5.74) is 1.28. The summed E-state index contributed by atoms with van der Waals surface area (Å²) in [6.45, 7) is 2.08. The molecule has 1 heterocycles. The molecule has 1 aromatic rings. The number of aromatic nitrogens is 1. The lowest BCUT2D eigenvalue weighted by atomic mass is 10.1. The van der Waals surface area contributed by atoms with Crippen LogP contribution in [0, 0.1) is 12.8 Å². The van der Waals surface area contributed by atoms with Crippen LogP contribution in [-0.4, -0.2) is 9.81 Å². The van der Waals surface area contributed by atoms with Crippen molar-refractivity contribution in [2.75, 3.05) is 0 Å². The van der Waals surface area contributed by atoms with Crippen molar-refractivity contribution in [1.29, 1.82) is 0 Å². The van der Waals surface area contributed by atoms with Crippen LogP contribution in [-0.2, 0) is 6.42 Å². The molecule has 0 bridgehead atoms. The van der Waals surface area contributed by atoms with Crippen molar-refractivity contribution in [3.05, 3.63) is 16.1 Å².